The lowest BCUT2D eigenvalue weighted by Crippen LogP contribution is -2.50. The molecule has 2 rings (SSSR count). The van der Waals surface area contributed by atoms with E-state index in [9.17, 15) is 13.6 Å². The Labute approximate surface area is 111 Å². The topological polar surface area (TPSA) is 46.3 Å². The second-order valence-electron chi connectivity index (χ2n) is 5.23. The summed E-state index contributed by atoms with van der Waals surface area (Å²) in [4.78, 5) is 13.7. The Kier molecular flexibility index (Phi) is 3.85. The molecule has 1 amide bonds. The second-order valence-corrected chi connectivity index (χ2v) is 5.23. The molecule has 1 heterocycles. The van der Waals surface area contributed by atoms with E-state index < -0.39 is 23.1 Å². The molecule has 2 atom stereocenters. The first-order valence-electron chi connectivity index (χ1n) is 6.41. The Balaban J connectivity index is 2.28. The first-order valence-corrected chi connectivity index (χ1v) is 6.41. The summed E-state index contributed by atoms with van der Waals surface area (Å²) >= 11 is 0. The average Bonchev–Trinajstić information content (AvgIpc) is 2.37. The number of piperidine rings is 1. The van der Waals surface area contributed by atoms with E-state index in [-0.39, 0.29) is 11.6 Å². The van der Waals surface area contributed by atoms with Gasteiger partial charge >= 0.3 is 0 Å². The van der Waals surface area contributed by atoms with Crippen LogP contribution in [0.15, 0.2) is 12.1 Å². The molecule has 0 saturated carbocycles. The highest BCUT2D eigenvalue weighted by atomic mass is 19.1. The second kappa shape index (κ2) is 5.25. The third-order valence-electron chi connectivity index (χ3n) is 3.80. The normalized spacial score (nSPS) is 23.5. The SMILES string of the molecule is Cc1ccc(F)c(C(=O)N2CCC(C)C(N)C2)c1F. The summed E-state index contributed by atoms with van der Waals surface area (Å²) in [6, 6.07) is 2.30. The molecule has 0 bridgehead atoms. The van der Waals surface area contributed by atoms with Gasteiger partial charge in [0.25, 0.3) is 5.91 Å². The van der Waals surface area contributed by atoms with Crippen LogP contribution in [0.3, 0.4) is 0 Å². The molecule has 1 aliphatic rings. The van der Waals surface area contributed by atoms with Gasteiger partial charge in [-0.1, -0.05) is 13.0 Å². The summed E-state index contributed by atoms with van der Waals surface area (Å²) in [5.74, 6) is -1.89. The van der Waals surface area contributed by atoms with Gasteiger partial charge in [-0.05, 0) is 30.9 Å². The van der Waals surface area contributed by atoms with Crippen LogP contribution >= 0.6 is 0 Å². The zero-order valence-electron chi connectivity index (χ0n) is 11.1. The molecule has 2 N–H and O–H groups in total. The lowest BCUT2D eigenvalue weighted by Gasteiger charge is -2.35. The molecule has 1 aromatic carbocycles. The third kappa shape index (κ3) is 2.61. The molecule has 1 aliphatic heterocycles. The molecule has 2 unspecified atom stereocenters. The quantitative estimate of drug-likeness (QED) is 0.847. The maximum absolute atomic E-state index is 13.9. The summed E-state index contributed by atoms with van der Waals surface area (Å²) in [6.45, 7) is 4.35. The average molecular weight is 268 g/mol. The van der Waals surface area contributed by atoms with Gasteiger partial charge in [-0.25, -0.2) is 8.78 Å². The van der Waals surface area contributed by atoms with Crippen molar-refractivity contribution in [3.05, 3.63) is 34.9 Å². The molecule has 0 spiro atoms. The third-order valence-corrected chi connectivity index (χ3v) is 3.80. The minimum Gasteiger partial charge on any atom is -0.337 e. The van der Waals surface area contributed by atoms with Gasteiger partial charge in [-0.15, -0.1) is 0 Å². The Bertz CT molecular complexity index is 504. The largest absolute Gasteiger partial charge is 0.337 e. The number of nitrogens with zero attached hydrogens (tertiary/aromatic N) is 1. The number of carbonyl (C=O) groups is 1. The van der Waals surface area contributed by atoms with Gasteiger partial charge in [0.15, 0.2) is 0 Å². The van der Waals surface area contributed by atoms with E-state index in [0.717, 1.165) is 12.5 Å². The summed E-state index contributed by atoms with van der Waals surface area (Å²) < 4.78 is 27.6. The fourth-order valence-corrected chi connectivity index (χ4v) is 2.29. The van der Waals surface area contributed by atoms with Crippen LogP contribution in [0.2, 0.25) is 0 Å². The molecule has 1 saturated heterocycles. The number of aryl methyl sites for hydroxylation is 1. The molecular formula is C14H18F2N2O. The molecule has 1 fully saturated rings. The number of halogens is 2. The van der Waals surface area contributed by atoms with Gasteiger partial charge in [-0.2, -0.15) is 0 Å². The fraction of sp³-hybridized carbons (Fsp3) is 0.500. The smallest absolute Gasteiger partial charge is 0.259 e. The number of benzene rings is 1. The van der Waals surface area contributed by atoms with Gasteiger partial charge in [0.05, 0.1) is 0 Å². The fourth-order valence-electron chi connectivity index (χ4n) is 2.29. The lowest BCUT2D eigenvalue weighted by atomic mass is 9.93. The highest BCUT2D eigenvalue weighted by Crippen LogP contribution is 2.22. The van der Waals surface area contributed by atoms with E-state index >= 15 is 0 Å². The monoisotopic (exact) mass is 268 g/mol. The van der Waals surface area contributed by atoms with Gasteiger partial charge in [0.1, 0.15) is 17.2 Å². The van der Waals surface area contributed by atoms with Crippen LogP contribution in [0.25, 0.3) is 0 Å². The maximum atomic E-state index is 13.9. The Morgan fingerprint density at radius 1 is 1.42 bits per heavy atom. The van der Waals surface area contributed by atoms with Crippen LogP contribution in [0.5, 0.6) is 0 Å². The molecule has 104 valence electrons. The van der Waals surface area contributed by atoms with Crippen LogP contribution < -0.4 is 5.73 Å². The molecule has 0 aromatic heterocycles. The molecular weight excluding hydrogens is 250 g/mol. The van der Waals surface area contributed by atoms with E-state index in [2.05, 4.69) is 0 Å². The number of rotatable bonds is 1. The first-order chi connectivity index (χ1) is 8.91. The van der Waals surface area contributed by atoms with E-state index in [0.29, 0.717) is 19.0 Å². The van der Waals surface area contributed by atoms with E-state index in [1.54, 1.807) is 0 Å². The van der Waals surface area contributed by atoms with Crippen molar-refractivity contribution in [2.24, 2.45) is 11.7 Å². The van der Waals surface area contributed by atoms with Gasteiger partial charge in [0, 0.05) is 19.1 Å². The van der Waals surface area contributed by atoms with Gasteiger partial charge < -0.3 is 10.6 Å². The van der Waals surface area contributed by atoms with Crippen molar-refractivity contribution in [3.63, 3.8) is 0 Å². The molecule has 0 radical (unpaired) electrons. The minimum absolute atomic E-state index is 0.145. The van der Waals surface area contributed by atoms with E-state index in [1.807, 2.05) is 6.92 Å². The minimum atomic E-state index is -0.819. The van der Waals surface area contributed by atoms with Crippen LogP contribution in [0, 0.1) is 24.5 Å². The summed E-state index contributed by atoms with van der Waals surface area (Å²) in [5.41, 5.74) is 5.70. The molecule has 1 aromatic rings. The number of hydrogen-bond acceptors (Lipinski definition) is 2. The molecule has 3 nitrogen and oxygen atoms in total. The predicted octanol–water partition coefficient (Wildman–Crippen LogP) is 2.08. The maximum Gasteiger partial charge on any atom is 0.259 e. The van der Waals surface area contributed by atoms with Crippen LogP contribution in [0.4, 0.5) is 8.78 Å². The van der Waals surface area contributed by atoms with Crippen molar-refractivity contribution >= 4 is 5.91 Å². The Hall–Kier alpha value is -1.49. The highest BCUT2D eigenvalue weighted by Gasteiger charge is 2.30. The van der Waals surface area contributed by atoms with E-state index in [1.165, 1.54) is 17.9 Å². The Morgan fingerprint density at radius 2 is 2.11 bits per heavy atom. The standard InChI is InChI=1S/C14H18F2N2O/c1-8-5-6-18(7-11(8)17)14(19)12-10(15)4-3-9(2)13(12)16/h3-4,8,11H,5-7,17H2,1-2H3. The summed E-state index contributed by atoms with van der Waals surface area (Å²) in [6.07, 6.45) is 0.752. The summed E-state index contributed by atoms with van der Waals surface area (Å²) in [5, 5.41) is 0. The van der Waals surface area contributed by atoms with Gasteiger partial charge in [-0.3, -0.25) is 4.79 Å². The number of likely N-dealkylation sites (tertiary alicyclic amines) is 1. The van der Waals surface area contributed by atoms with Crippen molar-refractivity contribution < 1.29 is 13.6 Å². The van der Waals surface area contributed by atoms with Crippen molar-refractivity contribution in [3.8, 4) is 0 Å². The number of carbonyl (C=O) groups excluding carboxylic acids is 1. The number of hydrogen-bond donors (Lipinski definition) is 1. The van der Waals surface area contributed by atoms with Crippen molar-refractivity contribution in [1.29, 1.82) is 0 Å². The zero-order chi connectivity index (χ0) is 14.2. The highest BCUT2D eigenvalue weighted by molar-refractivity contribution is 5.95. The van der Waals surface area contributed by atoms with Crippen molar-refractivity contribution in [2.75, 3.05) is 13.1 Å². The van der Waals surface area contributed by atoms with Crippen molar-refractivity contribution in [1.82, 2.24) is 4.90 Å². The summed E-state index contributed by atoms with van der Waals surface area (Å²) in [7, 11) is 0. The van der Waals surface area contributed by atoms with E-state index in [4.69, 9.17) is 5.73 Å². The molecule has 0 aliphatic carbocycles. The predicted molar refractivity (Wildman–Crippen MR) is 68.8 cm³/mol. The Morgan fingerprint density at radius 3 is 2.74 bits per heavy atom. The first kappa shape index (κ1) is 13.9. The van der Waals surface area contributed by atoms with Crippen LogP contribution in [0.1, 0.15) is 29.3 Å². The van der Waals surface area contributed by atoms with Crippen molar-refractivity contribution in [2.45, 2.75) is 26.3 Å². The van der Waals surface area contributed by atoms with Crippen LogP contribution in [-0.2, 0) is 0 Å². The number of nitrogens with two attached hydrogens (primary N) is 1. The van der Waals surface area contributed by atoms with Gasteiger partial charge in [0.2, 0.25) is 0 Å². The zero-order valence-corrected chi connectivity index (χ0v) is 11.1. The van der Waals surface area contributed by atoms with Crippen LogP contribution in [-0.4, -0.2) is 29.9 Å². The molecule has 19 heavy (non-hydrogen) atoms. The lowest BCUT2D eigenvalue weighted by molar-refractivity contribution is 0.0662. The molecule has 5 heteroatoms. The number of amides is 1.